The number of para-hydroxylation sites is 1. The number of nitrogens with one attached hydrogen (secondary N) is 1. The second kappa shape index (κ2) is 7.38. The first kappa shape index (κ1) is 17.0. The number of ether oxygens (including phenoxy) is 1. The molecule has 5 heteroatoms. The first-order chi connectivity index (χ1) is 12.1. The Bertz CT molecular complexity index is 761. The zero-order chi connectivity index (χ0) is 17.8. The maximum absolute atomic E-state index is 12.8. The largest absolute Gasteiger partial charge is 0.445 e. The van der Waals surface area contributed by atoms with Crippen molar-refractivity contribution in [2.75, 3.05) is 4.90 Å². The van der Waals surface area contributed by atoms with Gasteiger partial charge in [-0.1, -0.05) is 48.5 Å². The summed E-state index contributed by atoms with van der Waals surface area (Å²) < 4.78 is 5.19. The van der Waals surface area contributed by atoms with E-state index in [-0.39, 0.29) is 18.6 Å². The summed E-state index contributed by atoms with van der Waals surface area (Å²) in [6, 6.07) is 16.7. The van der Waals surface area contributed by atoms with Crippen molar-refractivity contribution in [1.29, 1.82) is 0 Å². The molecule has 130 valence electrons. The predicted octanol–water partition coefficient (Wildman–Crippen LogP) is 3.28. The number of carbonyl (C=O) groups excluding carboxylic acids is 2. The first-order valence-electron chi connectivity index (χ1n) is 8.44. The standard InChI is InChI=1S/C20H22N2O3/c1-14-12-17-10-6-7-11-18(17)22(14)19(23)15(2)21-20(24)25-13-16-8-4-3-5-9-16/h3-11,14-15H,12-13H2,1-2H3,(H,21,24)/t14-,15+/m1/s1. The lowest BCUT2D eigenvalue weighted by Crippen LogP contribution is -2.49. The summed E-state index contributed by atoms with van der Waals surface area (Å²) in [5.41, 5.74) is 2.98. The molecular formula is C20H22N2O3. The summed E-state index contributed by atoms with van der Waals surface area (Å²) in [5.74, 6) is -0.130. The molecule has 2 atom stereocenters. The molecule has 5 nitrogen and oxygen atoms in total. The molecule has 0 unspecified atom stereocenters. The van der Waals surface area contributed by atoms with Crippen molar-refractivity contribution in [2.45, 2.75) is 39.0 Å². The van der Waals surface area contributed by atoms with E-state index in [1.54, 1.807) is 11.8 Å². The monoisotopic (exact) mass is 338 g/mol. The van der Waals surface area contributed by atoms with Gasteiger partial charge in [0.2, 0.25) is 5.91 Å². The van der Waals surface area contributed by atoms with Gasteiger partial charge in [0.05, 0.1) is 0 Å². The minimum absolute atomic E-state index is 0.0782. The molecule has 0 saturated carbocycles. The van der Waals surface area contributed by atoms with Crippen molar-refractivity contribution in [3.8, 4) is 0 Å². The summed E-state index contributed by atoms with van der Waals surface area (Å²) in [7, 11) is 0. The van der Waals surface area contributed by atoms with Crippen LogP contribution in [-0.2, 0) is 22.6 Å². The Morgan fingerprint density at radius 3 is 2.60 bits per heavy atom. The average molecular weight is 338 g/mol. The number of alkyl carbamates (subject to hydrolysis) is 1. The molecule has 3 rings (SSSR count). The second-order valence-electron chi connectivity index (χ2n) is 6.32. The van der Waals surface area contributed by atoms with Gasteiger partial charge in [0.1, 0.15) is 12.6 Å². The summed E-state index contributed by atoms with van der Waals surface area (Å²) in [6.07, 6.45) is 0.234. The van der Waals surface area contributed by atoms with Crippen molar-refractivity contribution in [3.63, 3.8) is 0 Å². The van der Waals surface area contributed by atoms with Crippen LogP contribution < -0.4 is 10.2 Å². The van der Waals surface area contributed by atoms with E-state index in [4.69, 9.17) is 4.74 Å². The molecule has 0 radical (unpaired) electrons. The van der Waals surface area contributed by atoms with Gasteiger partial charge in [0, 0.05) is 11.7 Å². The molecule has 0 aromatic heterocycles. The molecule has 0 bridgehead atoms. The topological polar surface area (TPSA) is 58.6 Å². The van der Waals surface area contributed by atoms with Crippen LogP contribution in [0.3, 0.4) is 0 Å². The lowest BCUT2D eigenvalue weighted by molar-refractivity contribution is -0.120. The fourth-order valence-electron chi connectivity index (χ4n) is 3.11. The Hall–Kier alpha value is -2.82. The molecule has 0 fully saturated rings. The summed E-state index contributed by atoms with van der Waals surface area (Å²) in [4.78, 5) is 26.5. The SMILES string of the molecule is C[C@H](NC(=O)OCc1ccccc1)C(=O)N1c2ccccc2C[C@H]1C. The number of nitrogens with zero attached hydrogens (tertiary/aromatic N) is 1. The van der Waals surface area contributed by atoms with Crippen LogP contribution in [0.25, 0.3) is 0 Å². The van der Waals surface area contributed by atoms with Crippen LogP contribution >= 0.6 is 0 Å². The van der Waals surface area contributed by atoms with Crippen LogP contribution in [-0.4, -0.2) is 24.1 Å². The number of hydrogen-bond donors (Lipinski definition) is 1. The average Bonchev–Trinajstić information content (AvgIpc) is 2.96. The molecule has 25 heavy (non-hydrogen) atoms. The van der Waals surface area contributed by atoms with Gasteiger partial charge in [-0.3, -0.25) is 4.79 Å². The quantitative estimate of drug-likeness (QED) is 0.931. The third kappa shape index (κ3) is 3.82. The van der Waals surface area contributed by atoms with E-state index in [9.17, 15) is 9.59 Å². The maximum atomic E-state index is 12.8. The molecule has 1 aliphatic heterocycles. The van der Waals surface area contributed by atoms with Gasteiger partial charge >= 0.3 is 6.09 Å². The van der Waals surface area contributed by atoms with Crippen molar-refractivity contribution in [3.05, 3.63) is 65.7 Å². The van der Waals surface area contributed by atoms with Crippen LogP contribution in [0.2, 0.25) is 0 Å². The second-order valence-corrected chi connectivity index (χ2v) is 6.32. The molecule has 2 aromatic carbocycles. The van der Waals surface area contributed by atoms with E-state index in [0.717, 1.165) is 23.2 Å². The van der Waals surface area contributed by atoms with E-state index >= 15 is 0 Å². The van der Waals surface area contributed by atoms with Crippen molar-refractivity contribution in [1.82, 2.24) is 5.32 Å². The van der Waals surface area contributed by atoms with E-state index in [1.165, 1.54) is 0 Å². The van der Waals surface area contributed by atoms with Crippen LogP contribution in [0.4, 0.5) is 10.5 Å². The number of hydrogen-bond acceptors (Lipinski definition) is 3. The summed E-state index contributed by atoms with van der Waals surface area (Å²) >= 11 is 0. The Labute approximate surface area is 147 Å². The molecule has 2 amide bonds. The molecule has 2 aromatic rings. The highest BCUT2D eigenvalue weighted by atomic mass is 16.5. The minimum Gasteiger partial charge on any atom is -0.445 e. The molecule has 1 heterocycles. The van der Waals surface area contributed by atoms with Gasteiger partial charge in [-0.2, -0.15) is 0 Å². The fraction of sp³-hybridized carbons (Fsp3) is 0.300. The Morgan fingerprint density at radius 2 is 1.84 bits per heavy atom. The zero-order valence-electron chi connectivity index (χ0n) is 14.4. The van der Waals surface area contributed by atoms with E-state index in [0.29, 0.717) is 0 Å². The van der Waals surface area contributed by atoms with Gasteiger partial charge in [-0.25, -0.2) is 4.79 Å². The van der Waals surface area contributed by atoms with Gasteiger partial charge in [0.15, 0.2) is 0 Å². The Kier molecular flexibility index (Phi) is 5.03. The number of rotatable bonds is 4. The van der Waals surface area contributed by atoms with E-state index in [2.05, 4.69) is 5.32 Å². The van der Waals surface area contributed by atoms with Crippen molar-refractivity contribution in [2.24, 2.45) is 0 Å². The number of fused-ring (bicyclic) bond motifs is 1. The third-order valence-electron chi connectivity index (χ3n) is 4.36. The van der Waals surface area contributed by atoms with Crippen LogP contribution in [0.1, 0.15) is 25.0 Å². The van der Waals surface area contributed by atoms with Crippen LogP contribution in [0, 0.1) is 0 Å². The molecule has 0 aliphatic carbocycles. The highest BCUT2D eigenvalue weighted by Gasteiger charge is 2.33. The van der Waals surface area contributed by atoms with E-state index in [1.807, 2.05) is 61.5 Å². The van der Waals surface area contributed by atoms with E-state index < -0.39 is 12.1 Å². The van der Waals surface area contributed by atoms with Crippen molar-refractivity contribution < 1.29 is 14.3 Å². The molecule has 1 N–H and O–H groups in total. The lowest BCUT2D eigenvalue weighted by Gasteiger charge is -2.26. The number of anilines is 1. The zero-order valence-corrected chi connectivity index (χ0v) is 14.4. The number of carbonyl (C=O) groups is 2. The molecular weight excluding hydrogens is 316 g/mol. The van der Waals surface area contributed by atoms with Gasteiger partial charge in [-0.05, 0) is 37.5 Å². The molecule has 0 spiro atoms. The summed E-state index contributed by atoms with van der Waals surface area (Å²) in [5, 5.41) is 2.63. The maximum Gasteiger partial charge on any atom is 0.408 e. The first-order valence-corrected chi connectivity index (χ1v) is 8.44. The Morgan fingerprint density at radius 1 is 1.16 bits per heavy atom. The van der Waals surface area contributed by atoms with Crippen molar-refractivity contribution >= 4 is 17.7 Å². The highest BCUT2D eigenvalue weighted by Crippen LogP contribution is 2.32. The van der Waals surface area contributed by atoms with Crippen LogP contribution in [0.5, 0.6) is 0 Å². The number of benzene rings is 2. The molecule has 1 aliphatic rings. The normalized spacial score (nSPS) is 16.9. The molecule has 0 saturated heterocycles. The van der Waals surface area contributed by atoms with Crippen LogP contribution in [0.15, 0.2) is 54.6 Å². The number of amides is 2. The predicted molar refractivity (Wildman–Crippen MR) is 96.3 cm³/mol. The minimum atomic E-state index is -0.656. The van der Waals surface area contributed by atoms with Gasteiger partial charge < -0.3 is 15.0 Å². The third-order valence-corrected chi connectivity index (χ3v) is 4.36. The lowest BCUT2D eigenvalue weighted by atomic mass is 10.1. The Balaban J connectivity index is 1.58. The van der Waals surface area contributed by atoms with Gasteiger partial charge in [-0.15, -0.1) is 0 Å². The summed E-state index contributed by atoms with van der Waals surface area (Å²) in [6.45, 7) is 3.87. The fourth-order valence-corrected chi connectivity index (χ4v) is 3.11. The smallest absolute Gasteiger partial charge is 0.408 e. The van der Waals surface area contributed by atoms with Gasteiger partial charge in [0.25, 0.3) is 0 Å². The highest BCUT2D eigenvalue weighted by molar-refractivity contribution is 6.00.